The molecule has 0 unspecified atom stereocenters. The average molecular weight is 558 g/mol. The molecule has 2 N–H and O–H groups in total. The van der Waals surface area contributed by atoms with Gasteiger partial charge in [0.15, 0.2) is 4.47 Å². The van der Waals surface area contributed by atoms with Crippen molar-refractivity contribution in [1.29, 1.82) is 0 Å². The van der Waals surface area contributed by atoms with Gasteiger partial charge in [-0.15, -0.1) is 0 Å². The Morgan fingerprint density at radius 3 is 2.54 bits per heavy atom. The van der Waals surface area contributed by atoms with Crippen molar-refractivity contribution in [2.45, 2.75) is 38.3 Å². The van der Waals surface area contributed by atoms with Crippen molar-refractivity contribution in [3.05, 3.63) is 61.5 Å². The zero-order valence-electron chi connectivity index (χ0n) is 18.6. The molecule has 1 atom stereocenters. The second-order valence-electron chi connectivity index (χ2n) is 8.00. The topological polar surface area (TPSA) is 93.2 Å². The van der Waals surface area contributed by atoms with Gasteiger partial charge in [0, 0.05) is 22.3 Å². The zero-order valence-corrected chi connectivity index (χ0v) is 21.7. The van der Waals surface area contributed by atoms with Crippen LogP contribution in [0, 0.1) is 5.82 Å². The third-order valence-corrected chi connectivity index (χ3v) is 7.09. The first kappa shape index (κ1) is 25.6. The van der Waals surface area contributed by atoms with Crippen molar-refractivity contribution in [2.75, 3.05) is 6.61 Å². The first-order valence-corrected chi connectivity index (χ1v) is 12.6. The lowest BCUT2D eigenvalue weighted by atomic mass is 10.0. The van der Waals surface area contributed by atoms with E-state index in [1.54, 1.807) is 19.1 Å². The fourth-order valence-corrected chi connectivity index (χ4v) is 4.94. The summed E-state index contributed by atoms with van der Waals surface area (Å²) < 4.78 is 20.9. The maximum Gasteiger partial charge on any atom is 0.263 e. The first-order chi connectivity index (χ1) is 16.6. The average Bonchev–Trinajstić information content (AvgIpc) is 3.45. The molecule has 7 nitrogen and oxygen atoms in total. The molecule has 35 heavy (non-hydrogen) atoms. The van der Waals surface area contributed by atoms with Gasteiger partial charge in [-0.05, 0) is 44.9 Å². The molecule has 4 rings (SSSR count). The molecule has 0 spiro atoms. The minimum atomic E-state index is -1.05. The summed E-state index contributed by atoms with van der Waals surface area (Å²) in [5.74, 6) is -1.10. The number of nitrogens with zero attached hydrogens (tertiary/aromatic N) is 2. The van der Waals surface area contributed by atoms with Crippen molar-refractivity contribution in [1.82, 2.24) is 20.6 Å². The van der Waals surface area contributed by atoms with Crippen molar-refractivity contribution < 1.29 is 18.7 Å². The number of thiazole rings is 1. The Bertz CT molecular complexity index is 1300. The Morgan fingerprint density at radius 1 is 1.20 bits per heavy atom. The quantitative estimate of drug-likeness (QED) is 0.363. The molecule has 12 heteroatoms. The van der Waals surface area contributed by atoms with E-state index in [4.69, 9.17) is 39.5 Å². The molecule has 2 amide bonds. The lowest BCUT2D eigenvalue weighted by molar-refractivity contribution is -0.124. The standard InChI is InChI=1S/C23H20Cl3FN4O3S/c1-3-34-19-14(7-13(24)8-15(19)25)12-6-16(27)18(28-9-12)11(2)30-21(33)23(4-5-23)31-20(32)17-10-29-22(26)35-17/h6-11H,3-5H2,1-2H3,(H,30,33)(H,31,32)/t11-/m1/s1. The Morgan fingerprint density at radius 2 is 1.94 bits per heavy atom. The van der Waals surface area contributed by atoms with Gasteiger partial charge in [0.25, 0.3) is 5.91 Å². The molecule has 184 valence electrons. The van der Waals surface area contributed by atoms with E-state index in [1.807, 2.05) is 6.92 Å². The van der Waals surface area contributed by atoms with Crippen LogP contribution in [0.25, 0.3) is 11.1 Å². The van der Waals surface area contributed by atoms with Gasteiger partial charge in [0.1, 0.15) is 22.0 Å². The number of aromatic nitrogens is 2. The van der Waals surface area contributed by atoms with Crippen LogP contribution in [0.4, 0.5) is 4.39 Å². The van der Waals surface area contributed by atoms with Gasteiger partial charge in [-0.3, -0.25) is 14.6 Å². The van der Waals surface area contributed by atoms with Crippen LogP contribution in [-0.2, 0) is 4.79 Å². The molecule has 1 aromatic carbocycles. The molecule has 1 fully saturated rings. The maximum absolute atomic E-state index is 15.1. The Balaban J connectivity index is 1.50. The van der Waals surface area contributed by atoms with E-state index in [0.717, 1.165) is 11.3 Å². The van der Waals surface area contributed by atoms with Crippen molar-refractivity contribution in [3.8, 4) is 16.9 Å². The molecule has 0 bridgehead atoms. The van der Waals surface area contributed by atoms with Crippen LogP contribution >= 0.6 is 46.1 Å². The van der Waals surface area contributed by atoms with E-state index in [2.05, 4.69) is 20.6 Å². The Labute approximate surface area is 220 Å². The van der Waals surface area contributed by atoms with Crippen LogP contribution in [0.3, 0.4) is 0 Å². The number of benzene rings is 1. The van der Waals surface area contributed by atoms with Crippen LogP contribution in [0.15, 0.2) is 30.6 Å². The Hall–Kier alpha value is -2.46. The number of hydrogen-bond acceptors (Lipinski definition) is 6. The van der Waals surface area contributed by atoms with Gasteiger partial charge in [-0.25, -0.2) is 9.37 Å². The minimum absolute atomic E-state index is 0.0459. The molecule has 0 aliphatic heterocycles. The highest BCUT2D eigenvalue weighted by atomic mass is 35.5. The summed E-state index contributed by atoms with van der Waals surface area (Å²) in [7, 11) is 0. The number of nitrogens with one attached hydrogen (secondary N) is 2. The number of hydrogen-bond donors (Lipinski definition) is 2. The predicted octanol–water partition coefficient (Wildman–Crippen LogP) is 5.84. The Kier molecular flexibility index (Phi) is 7.51. The third kappa shape index (κ3) is 5.53. The van der Waals surface area contributed by atoms with Crippen LogP contribution in [0.1, 0.15) is 48.1 Å². The predicted molar refractivity (Wildman–Crippen MR) is 134 cm³/mol. The summed E-state index contributed by atoms with van der Waals surface area (Å²) in [5, 5.41) is 6.16. The number of ether oxygens (including phenoxy) is 1. The molecule has 1 saturated carbocycles. The highest BCUT2D eigenvalue weighted by molar-refractivity contribution is 7.17. The lowest BCUT2D eigenvalue weighted by Crippen LogP contribution is -2.49. The minimum Gasteiger partial charge on any atom is -0.492 e. The SMILES string of the molecule is CCOc1c(Cl)cc(Cl)cc1-c1cnc([C@@H](C)NC(=O)C2(NC(=O)c3cnc(Cl)s3)CC2)c(F)c1. The first-order valence-electron chi connectivity index (χ1n) is 10.7. The summed E-state index contributed by atoms with van der Waals surface area (Å²) in [6.45, 7) is 3.79. The van der Waals surface area contributed by atoms with E-state index < -0.39 is 29.2 Å². The van der Waals surface area contributed by atoms with Crippen LogP contribution in [0.2, 0.25) is 14.5 Å². The molecule has 0 radical (unpaired) electrons. The number of amides is 2. The smallest absolute Gasteiger partial charge is 0.263 e. The molecule has 0 saturated heterocycles. The second-order valence-corrected chi connectivity index (χ2v) is 10.5. The largest absolute Gasteiger partial charge is 0.492 e. The van der Waals surface area contributed by atoms with E-state index in [1.165, 1.54) is 18.5 Å². The molecular weight excluding hydrogens is 538 g/mol. The fraction of sp³-hybridized carbons (Fsp3) is 0.304. The maximum atomic E-state index is 15.1. The van der Waals surface area contributed by atoms with Crippen molar-refractivity contribution in [2.24, 2.45) is 0 Å². The number of halogens is 4. The summed E-state index contributed by atoms with van der Waals surface area (Å²) in [4.78, 5) is 33.7. The van der Waals surface area contributed by atoms with Crippen LogP contribution in [-0.4, -0.2) is 33.9 Å². The summed E-state index contributed by atoms with van der Waals surface area (Å²) in [6, 6.07) is 3.70. The highest BCUT2D eigenvalue weighted by Crippen LogP contribution is 2.40. The second kappa shape index (κ2) is 10.3. The summed E-state index contributed by atoms with van der Waals surface area (Å²) in [6.07, 6.45) is 3.75. The van der Waals surface area contributed by atoms with E-state index in [9.17, 15) is 9.59 Å². The van der Waals surface area contributed by atoms with Gasteiger partial charge in [0.05, 0.1) is 29.6 Å². The van der Waals surface area contributed by atoms with Gasteiger partial charge in [-0.2, -0.15) is 0 Å². The van der Waals surface area contributed by atoms with E-state index in [-0.39, 0.29) is 10.2 Å². The number of carbonyl (C=O) groups is 2. The van der Waals surface area contributed by atoms with Gasteiger partial charge >= 0.3 is 0 Å². The van der Waals surface area contributed by atoms with Gasteiger partial charge in [-0.1, -0.05) is 46.1 Å². The van der Waals surface area contributed by atoms with E-state index in [0.29, 0.717) is 51.2 Å². The summed E-state index contributed by atoms with van der Waals surface area (Å²) in [5.41, 5.74) is -0.0829. The third-order valence-electron chi connectivity index (χ3n) is 5.47. The van der Waals surface area contributed by atoms with Gasteiger partial charge in [0.2, 0.25) is 5.91 Å². The van der Waals surface area contributed by atoms with Crippen LogP contribution in [0.5, 0.6) is 5.75 Å². The zero-order chi connectivity index (χ0) is 25.3. The normalized spacial score (nSPS) is 14.8. The molecule has 2 aromatic heterocycles. The monoisotopic (exact) mass is 556 g/mol. The van der Waals surface area contributed by atoms with Crippen molar-refractivity contribution in [3.63, 3.8) is 0 Å². The van der Waals surface area contributed by atoms with E-state index >= 15 is 4.39 Å². The van der Waals surface area contributed by atoms with Crippen molar-refractivity contribution >= 4 is 58.0 Å². The fourth-order valence-electron chi connectivity index (χ4n) is 3.55. The molecule has 1 aliphatic carbocycles. The summed E-state index contributed by atoms with van der Waals surface area (Å²) >= 11 is 19.2. The molecule has 1 aliphatic rings. The molecule has 2 heterocycles. The number of carbonyl (C=O) groups excluding carboxylic acids is 2. The van der Waals surface area contributed by atoms with Crippen LogP contribution < -0.4 is 15.4 Å². The van der Waals surface area contributed by atoms with Gasteiger partial charge < -0.3 is 15.4 Å². The number of pyridine rings is 1. The lowest BCUT2D eigenvalue weighted by Gasteiger charge is -2.21. The molecule has 3 aromatic rings. The highest BCUT2D eigenvalue weighted by Gasteiger charge is 2.51. The molecular formula is C23H20Cl3FN4O3S. The number of rotatable bonds is 8.